The first-order valence-electron chi connectivity index (χ1n) is 7.61. The molecule has 112 valence electrons. The van der Waals surface area contributed by atoms with Crippen molar-refractivity contribution in [2.75, 3.05) is 18.0 Å². The lowest BCUT2D eigenvalue weighted by Crippen LogP contribution is -2.40. The van der Waals surface area contributed by atoms with Gasteiger partial charge in [0, 0.05) is 30.1 Å². The molecular weight excluding hydrogens is 292 g/mol. The minimum absolute atomic E-state index is 0.330. The third-order valence-corrected chi connectivity index (χ3v) is 5.22. The predicted molar refractivity (Wildman–Crippen MR) is 92.3 cm³/mol. The maximum absolute atomic E-state index is 6.01. The number of benzene rings is 1. The smallest absolute Gasteiger partial charge is 0.150 e. The molecule has 3 heterocycles. The molecule has 1 aromatic carbocycles. The van der Waals surface area contributed by atoms with E-state index in [4.69, 9.17) is 5.73 Å². The maximum Gasteiger partial charge on any atom is 0.150 e. The zero-order chi connectivity index (χ0) is 14.9. The van der Waals surface area contributed by atoms with Crippen LogP contribution < -0.4 is 10.6 Å². The molecule has 0 amide bonds. The summed E-state index contributed by atoms with van der Waals surface area (Å²) in [6, 6.07) is 10.7. The Hall–Kier alpha value is -1.98. The van der Waals surface area contributed by atoms with Crippen LogP contribution in [0.5, 0.6) is 0 Å². The van der Waals surface area contributed by atoms with Crippen LogP contribution in [0.2, 0.25) is 0 Å². The first kappa shape index (κ1) is 13.7. The highest BCUT2D eigenvalue weighted by Gasteiger charge is 2.21. The topological polar surface area (TPSA) is 55.0 Å². The summed E-state index contributed by atoms with van der Waals surface area (Å²) in [5, 5.41) is 2.19. The van der Waals surface area contributed by atoms with Crippen molar-refractivity contribution < 1.29 is 0 Å². The van der Waals surface area contributed by atoms with E-state index in [2.05, 4.69) is 44.5 Å². The largest absolute Gasteiger partial charge is 0.355 e. The Bertz CT molecular complexity index is 776. The van der Waals surface area contributed by atoms with Gasteiger partial charge < -0.3 is 10.6 Å². The molecule has 0 aliphatic carbocycles. The van der Waals surface area contributed by atoms with E-state index >= 15 is 0 Å². The third-order valence-electron chi connectivity index (χ3n) is 4.26. The van der Waals surface area contributed by atoms with Gasteiger partial charge in [-0.05, 0) is 18.4 Å². The average molecular weight is 310 g/mol. The molecule has 5 heteroatoms. The van der Waals surface area contributed by atoms with Crippen molar-refractivity contribution in [3.8, 4) is 11.1 Å². The molecule has 4 nitrogen and oxygen atoms in total. The van der Waals surface area contributed by atoms with E-state index < -0.39 is 0 Å². The molecule has 2 aromatic heterocycles. The number of fused-ring (bicyclic) bond motifs is 1. The van der Waals surface area contributed by atoms with E-state index in [1.807, 2.05) is 6.07 Å². The van der Waals surface area contributed by atoms with Gasteiger partial charge in [-0.3, -0.25) is 0 Å². The van der Waals surface area contributed by atoms with Crippen LogP contribution in [0.3, 0.4) is 0 Å². The van der Waals surface area contributed by atoms with Crippen LogP contribution in [0, 0.1) is 0 Å². The highest BCUT2D eigenvalue weighted by atomic mass is 32.1. The third kappa shape index (κ3) is 2.36. The molecule has 1 fully saturated rings. The number of thiophene rings is 1. The number of nitrogens with zero attached hydrogens (tertiary/aromatic N) is 3. The Morgan fingerprint density at radius 3 is 2.64 bits per heavy atom. The lowest BCUT2D eigenvalue weighted by molar-refractivity contribution is 0.499. The number of piperidine rings is 1. The minimum atomic E-state index is 0.330. The molecular formula is C17H18N4S. The monoisotopic (exact) mass is 310 g/mol. The van der Waals surface area contributed by atoms with Crippen LogP contribution in [0.1, 0.15) is 12.8 Å². The highest BCUT2D eigenvalue weighted by molar-refractivity contribution is 7.18. The van der Waals surface area contributed by atoms with Gasteiger partial charge in [0.05, 0.1) is 10.2 Å². The summed E-state index contributed by atoms with van der Waals surface area (Å²) in [7, 11) is 0. The maximum atomic E-state index is 6.01. The predicted octanol–water partition coefficient (Wildman–Crippen LogP) is 3.29. The van der Waals surface area contributed by atoms with Crippen molar-refractivity contribution in [1.82, 2.24) is 9.97 Å². The van der Waals surface area contributed by atoms with Gasteiger partial charge in [-0.25, -0.2) is 9.97 Å². The van der Waals surface area contributed by atoms with Gasteiger partial charge in [-0.1, -0.05) is 30.3 Å². The van der Waals surface area contributed by atoms with Crippen LogP contribution in [-0.4, -0.2) is 29.1 Å². The molecule has 4 rings (SSSR count). The number of aromatic nitrogens is 2. The second-order valence-electron chi connectivity index (χ2n) is 5.71. The molecule has 1 aliphatic heterocycles. The normalized spacial score (nSPS) is 16.3. The summed E-state index contributed by atoms with van der Waals surface area (Å²) in [6.45, 7) is 1.96. The minimum Gasteiger partial charge on any atom is -0.355 e. The quantitative estimate of drug-likeness (QED) is 0.789. The van der Waals surface area contributed by atoms with Crippen molar-refractivity contribution in [3.63, 3.8) is 0 Å². The van der Waals surface area contributed by atoms with Gasteiger partial charge in [0.2, 0.25) is 0 Å². The highest BCUT2D eigenvalue weighted by Crippen LogP contribution is 2.37. The van der Waals surface area contributed by atoms with Crippen molar-refractivity contribution in [2.24, 2.45) is 5.73 Å². The summed E-state index contributed by atoms with van der Waals surface area (Å²) in [5.41, 5.74) is 9.46. The second-order valence-corrected chi connectivity index (χ2v) is 6.59. The zero-order valence-corrected chi connectivity index (χ0v) is 13.1. The van der Waals surface area contributed by atoms with Crippen molar-refractivity contribution in [3.05, 3.63) is 42.0 Å². The van der Waals surface area contributed by atoms with Crippen molar-refractivity contribution >= 4 is 27.4 Å². The van der Waals surface area contributed by atoms with Gasteiger partial charge in [-0.15, -0.1) is 11.3 Å². The van der Waals surface area contributed by atoms with Crippen LogP contribution in [0.15, 0.2) is 42.0 Å². The number of anilines is 1. The fourth-order valence-corrected chi connectivity index (χ4v) is 4.04. The second kappa shape index (κ2) is 5.66. The lowest BCUT2D eigenvalue weighted by Gasteiger charge is -2.31. The van der Waals surface area contributed by atoms with E-state index in [-0.39, 0.29) is 0 Å². The molecule has 1 saturated heterocycles. The number of hydrogen-bond acceptors (Lipinski definition) is 5. The van der Waals surface area contributed by atoms with Crippen LogP contribution in [-0.2, 0) is 0 Å². The summed E-state index contributed by atoms with van der Waals surface area (Å²) < 4.78 is 1.18. The van der Waals surface area contributed by atoms with E-state index in [0.717, 1.165) is 37.3 Å². The summed E-state index contributed by atoms with van der Waals surface area (Å²) >= 11 is 1.73. The summed E-state index contributed by atoms with van der Waals surface area (Å²) in [4.78, 5) is 11.4. The number of hydrogen-bond donors (Lipinski definition) is 1. The molecule has 0 bridgehead atoms. The first-order valence-corrected chi connectivity index (χ1v) is 8.49. The average Bonchev–Trinajstić information content (AvgIpc) is 3.00. The van der Waals surface area contributed by atoms with Gasteiger partial charge >= 0.3 is 0 Å². The van der Waals surface area contributed by atoms with Gasteiger partial charge in [0.15, 0.2) is 0 Å². The first-order chi connectivity index (χ1) is 10.8. The number of rotatable bonds is 2. The fourth-order valence-electron chi connectivity index (χ4n) is 3.00. The Morgan fingerprint density at radius 1 is 1.09 bits per heavy atom. The Morgan fingerprint density at radius 2 is 1.86 bits per heavy atom. The van der Waals surface area contributed by atoms with Crippen LogP contribution >= 0.6 is 11.3 Å². The zero-order valence-electron chi connectivity index (χ0n) is 12.3. The molecule has 0 saturated carbocycles. The SMILES string of the molecule is NC1CCN(c2ncnc3c(-c4ccccc4)csc23)CC1. The molecule has 0 atom stereocenters. The van der Waals surface area contributed by atoms with Gasteiger partial charge in [0.25, 0.3) is 0 Å². The molecule has 3 aromatic rings. The molecule has 2 N–H and O–H groups in total. The number of nitrogens with two attached hydrogens (primary N) is 1. The molecule has 1 aliphatic rings. The Kier molecular flexibility index (Phi) is 3.52. The summed E-state index contributed by atoms with van der Waals surface area (Å²) in [6.07, 6.45) is 3.75. The van der Waals surface area contributed by atoms with E-state index in [1.165, 1.54) is 15.8 Å². The standard InChI is InChI=1S/C17H18N4S/c18-13-6-8-21(9-7-13)17-16-15(19-11-20-17)14(10-22-16)12-4-2-1-3-5-12/h1-5,10-11,13H,6-9,18H2. The lowest BCUT2D eigenvalue weighted by atomic mass is 10.1. The van der Waals surface area contributed by atoms with E-state index in [9.17, 15) is 0 Å². The fraction of sp³-hybridized carbons (Fsp3) is 0.294. The van der Waals surface area contributed by atoms with Crippen molar-refractivity contribution in [1.29, 1.82) is 0 Å². The van der Waals surface area contributed by atoms with E-state index in [1.54, 1.807) is 17.7 Å². The van der Waals surface area contributed by atoms with Gasteiger partial charge in [-0.2, -0.15) is 0 Å². The Balaban J connectivity index is 1.77. The van der Waals surface area contributed by atoms with Crippen LogP contribution in [0.4, 0.5) is 5.82 Å². The van der Waals surface area contributed by atoms with Crippen molar-refractivity contribution in [2.45, 2.75) is 18.9 Å². The molecule has 0 spiro atoms. The molecule has 0 radical (unpaired) electrons. The van der Waals surface area contributed by atoms with Gasteiger partial charge in [0.1, 0.15) is 12.1 Å². The Labute approximate surface area is 133 Å². The van der Waals surface area contributed by atoms with E-state index in [0.29, 0.717) is 6.04 Å². The molecule has 0 unspecified atom stereocenters. The molecule has 22 heavy (non-hydrogen) atoms. The van der Waals surface area contributed by atoms with Crippen LogP contribution in [0.25, 0.3) is 21.3 Å². The summed E-state index contributed by atoms with van der Waals surface area (Å²) in [5.74, 6) is 1.06.